The number of nitrogens with one attached hydrogen (secondary N) is 2. The molecule has 6 heteroatoms. The van der Waals surface area contributed by atoms with Crippen LogP contribution in [0, 0.1) is 5.92 Å². The van der Waals surface area contributed by atoms with E-state index in [0.717, 1.165) is 6.42 Å². The first kappa shape index (κ1) is 18.4. The number of anilines is 2. The Bertz CT molecular complexity index is 727. The molecule has 1 aromatic carbocycles. The molecule has 0 bridgehead atoms. The number of amides is 1. The molecule has 2 aromatic rings. The van der Waals surface area contributed by atoms with Gasteiger partial charge >= 0.3 is 5.97 Å². The Kier molecular flexibility index (Phi) is 6.51. The molecule has 0 unspecified atom stereocenters. The first-order valence-corrected chi connectivity index (χ1v) is 8.20. The van der Waals surface area contributed by atoms with Gasteiger partial charge in [-0.2, -0.15) is 0 Å². The number of ether oxygens (including phenoxy) is 1. The Hall–Kier alpha value is -2.89. The summed E-state index contributed by atoms with van der Waals surface area (Å²) in [6.07, 6.45) is 2.44. The Morgan fingerprint density at radius 2 is 1.92 bits per heavy atom. The molecule has 0 aliphatic heterocycles. The molecule has 132 valence electrons. The van der Waals surface area contributed by atoms with Crippen LogP contribution in [-0.2, 0) is 4.74 Å². The smallest absolute Gasteiger partial charge is 0.339 e. The van der Waals surface area contributed by atoms with Gasteiger partial charge in [0.15, 0.2) is 0 Å². The van der Waals surface area contributed by atoms with Gasteiger partial charge in [-0.1, -0.05) is 26.0 Å². The number of esters is 1. The Labute approximate surface area is 147 Å². The lowest BCUT2D eigenvalue weighted by atomic mass is 10.1. The summed E-state index contributed by atoms with van der Waals surface area (Å²) in [5, 5.41) is 5.94. The van der Waals surface area contributed by atoms with Gasteiger partial charge in [0.1, 0.15) is 5.82 Å². The van der Waals surface area contributed by atoms with Crippen LogP contribution in [0.1, 0.15) is 41.0 Å². The van der Waals surface area contributed by atoms with Crippen molar-refractivity contribution in [3.8, 4) is 0 Å². The van der Waals surface area contributed by atoms with Crippen molar-refractivity contribution in [3.05, 3.63) is 53.7 Å². The molecule has 0 aliphatic rings. The Balaban J connectivity index is 2.04. The molecular formula is C19H23N3O3. The second-order valence-corrected chi connectivity index (χ2v) is 6.03. The van der Waals surface area contributed by atoms with E-state index in [4.69, 9.17) is 4.74 Å². The van der Waals surface area contributed by atoms with Crippen molar-refractivity contribution in [1.82, 2.24) is 10.3 Å². The van der Waals surface area contributed by atoms with E-state index in [9.17, 15) is 9.59 Å². The van der Waals surface area contributed by atoms with Crippen molar-refractivity contribution < 1.29 is 14.3 Å². The van der Waals surface area contributed by atoms with Crippen LogP contribution in [-0.4, -0.2) is 30.5 Å². The van der Waals surface area contributed by atoms with Crippen molar-refractivity contribution in [2.24, 2.45) is 5.92 Å². The van der Waals surface area contributed by atoms with E-state index < -0.39 is 5.97 Å². The minimum Gasteiger partial charge on any atom is -0.465 e. The van der Waals surface area contributed by atoms with E-state index >= 15 is 0 Å². The van der Waals surface area contributed by atoms with Crippen molar-refractivity contribution in [2.45, 2.75) is 20.3 Å². The average molecular weight is 341 g/mol. The van der Waals surface area contributed by atoms with Gasteiger partial charge in [-0.05, 0) is 36.6 Å². The van der Waals surface area contributed by atoms with Gasteiger partial charge in [0.05, 0.1) is 23.9 Å². The lowest BCUT2D eigenvalue weighted by molar-refractivity contribution is 0.0601. The first-order valence-electron chi connectivity index (χ1n) is 8.20. The largest absolute Gasteiger partial charge is 0.465 e. The number of carbonyl (C=O) groups is 2. The maximum atomic E-state index is 12.0. The number of rotatable bonds is 7. The van der Waals surface area contributed by atoms with Crippen LogP contribution in [0.3, 0.4) is 0 Å². The summed E-state index contributed by atoms with van der Waals surface area (Å²) >= 11 is 0. The molecule has 0 fully saturated rings. The fourth-order valence-electron chi connectivity index (χ4n) is 2.20. The number of carbonyl (C=O) groups excluding carboxylic acids is 2. The highest BCUT2D eigenvalue weighted by Crippen LogP contribution is 2.20. The molecule has 0 aliphatic carbocycles. The summed E-state index contributed by atoms with van der Waals surface area (Å²) in [5.41, 5.74) is 1.51. The van der Waals surface area contributed by atoms with Gasteiger partial charge in [0, 0.05) is 12.7 Å². The van der Waals surface area contributed by atoms with Crippen LogP contribution in [0.2, 0.25) is 0 Å². The van der Waals surface area contributed by atoms with Gasteiger partial charge in [-0.15, -0.1) is 0 Å². The van der Waals surface area contributed by atoms with E-state index in [0.29, 0.717) is 35.1 Å². The second-order valence-electron chi connectivity index (χ2n) is 6.03. The predicted molar refractivity (Wildman–Crippen MR) is 97.1 cm³/mol. The third kappa shape index (κ3) is 5.31. The highest BCUT2D eigenvalue weighted by molar-refractivity contribution is 5.96. The zero-order chi connectivity index (χ0) is 18.2. The molecule has 2 rings (SSSR count). The zero-order valence-corrected chi connectivity index (χ0v) is 14.7. The van der Waals surface area contributed by atoms with Crippen LogP contribution >= 0.6 is 0 Å². The van der Waals surface area contributed by atoms with Crippen molar-refractivity contribution in [3.63, 3.8) is 0 Å². The summed E-state index contributed by atoms with van der Waals surface area (Å²) in [4.78, 5) is 28.1. The average Bonchev–Trinajstić information content (AvgIpc) is 2.61. The zero-order valence-electron chi connectivity index (χ0n) is 14.7. The lowest BCUT2D eigenvalue weighted by Gasteiger charge is -2.11. The van der Waals surface area contributed by atoms with E-state index in [2.05, 4.69) is 29.5 Å². The Morgan fingerprint density at radius 1 is 1.16 bits per heavy atom. The molecule has 1 amide bonds. The predicted octanol–water partition coefficient (Wildman–Crippen LogP) is 3.39. The van der Waals surface area contributed by atoms with E-state index in [-0.39, 0.29) is 5.91 Å². The molecule has 0 radical (unpaired) electrons. The third-order valence-corrected chi connectivity index (χ3v) is 3.63. The van der Waals surface area contributed by atoms with E-state index in [1.807, 2.05) is 6.07 Å². The fraction of sp³-hybridized carbons (Fsp3) is 0.316. The van der Waals surface area contributed by atoms with E-state index in [1.54, 1.807) is 30.3 Å². The molecule has 0 atom stereocenters. The number of hydrogen-bond donors (Lipinski definition) is 2. The van der Waals surface area contributed by atoms with Crippen molar-refractivity contribution >= 4 is 23.4 Å². The van der Waals surface area contributed by atoms with Gasteiger partial charge in [-0.25, -0.2) is 9.78 Å². The summed E-state index contributed by atoms with van der Waals surface area (Å²) in [6.45, 7) is 4.86. The maximum absolute atomic E-state index is 12.0. The molecule has 2 N–H and O–H groups in total. The van der Waals surface area contributed by atoms with Crippen molar-refractivity contribution in [2.75, 3.05) is 19.0 Å². The minimum absolute atomic E-state index is 0.144. The number of methoxy groups -OCH3 is 1. The summed E-state index contributed by atoms with van der Waals surface area (Å²) in [5.74, 6) is 0.508. The van der Waals surface area contributed by atoms with Crippen LogP contribution in [0.5, 0.6) is 0 Å². The highest BCUT2D eigenvalue weighted by Gasteiger charge is 2.12. The number of benzene rings is 1. The minimum atomic E-state index is -0.427. The fourth-order valence-corrected chi connectivity index (χ4v) is 2.20. The summed E-state index contributed by atoms with van der Waals surface area (Å²) < 4.78 is 4.77. The van der Waals surface area contributed by atoms with Gasteiger partial charge in [-0.3, -0.25) is 4.79 Å². The summed E-state index contributed by atoms with van der Waals surface area (Å²) in [7, 11) is 1.34. The number of pyridine rings is 1. The number of nitrogens with zero attached hydrogens (tertiary/aromatic N) is 1. The molecule has 0 saturated carbocycles. The third-order valence-electron chi connectivity index (χ3n) is 3.63. The molecule has 1 heterocycles. The molecule has 0 spiro atoms. The first-order chi connectivity index (χ1) is 12.0. The maximum Gasteiger partial charge on any atom is 0.339 e. The number of aromatic nitrogens is 1. The quantitative estimate of drug-likeness (QED) is 0.755. The SMILES string of the molecule is COC(=O)c1ccccc1Nc1ccc(C(=O)NCCC(C)C)cn1. The van der Waals surface area contributed by atoms with Crippen LogP contribution in [0.25, 0.3) is 0 Å². The van der Waals surface area contributed by atoms with Crippen LogP contribution in [0.15, 0.2) is 42.6 Å². The highest BCUT2D eigenvalue weighted by atomic mass is 16.5. The van der Waals surface area contributed by atoms with Gasteiger partial charge < -0.3 is 15.4 Å². The lowest BCUT2D eigenvalue weighted by Crippen LogP contribution is -2.25. The van der Waals surface area contributed by atoms with Crippen LogP contribution in [0.4, 0.5) is 11.5 Å². The number of hydrogen-bond acceptors (Lipinski definition) is 5. The van der Waals surface area contributed by atoms with Crippen LogP contribution < -0.4 is 10.6 Å². The second kappa shape index (κ2) is 8.82. The number of para-hydroxylation sites is 1. The molecular weight excluding hydrogens is 318 g/mol. The molecule has 6 nitrogen and oxygen atoms in total. The normalized spacial score (nSPS) is 10.4. The monoisotopic (exact) mass is 341 g/mol. The Morgan fingerprint density at radius 3 is 2.56 bits per heavy atom. The van der Waals surface area contributed by atoms with E-state index in [1.165, 1.54) is 13.3 Å². The standard InChI is InChI=1S/C19H23N3O3/c1-13(2)10-11-20-18(23)14-8-9-17(21-12-14)22-16-7-5-4-6-15(16)19(24)25-3/h4-9,12-13H,10-11H2,1-3H3,(H,20,23)(H,21,22). The molecule has 25 heavy (non-hydrogen) atoms. The van der Waals surface area contributed by atoms with Crippen molar-refractivity contribution in [1.29, 1.82) is 0 Å². The molecule has 0 saturated heterocycles. The van der Waals surface area contributed by atoms with Gasteiger partial charge in [0.2, 0.25) is 0 Å². The molecule has 1 aromatic heterocycles. The summed E-state index contributed by atoms with van der Waals surface area (Å²) in [6, 6.07) is 10.4. The van der Waals surface area contributed by atoms with Gasteiger partial charge in [0.25, 0.3) is 5.91 Å². The topological polar surface area (TPSA) is 80.3 Å².